The fraction of sp³-hybridized carbons (Fsp3) is 0.300. The minimum absolute atomic E-state index is 0.0486. The number of aromatic nitrogens is 3. The lowest BCUT2D eigenvalue weighted by molar-refractivity contribution is 0.00624. The molecule has 0 aliphatic carbocycles. The number of benzene rings is 1. The highest BCUT2D eigenvalue weighted by Crippen LogP contribution is 2.29. The van der Waals surface area contributed by atoms with Crippen LogP contribution in [0.3, 0.4) is 0 Å². The summed E-state index contributed by atoms with van der Waals surface area (Å²) in [7, 11) is 0. The Morgan fingerprint density at radius 2 is 2.23 bits per heavy atom. The third-order valence-electron chi connectivity index (χ3n) is 5.52. The maximum absolute atomic E-state index is 13.3. The topological polar surface area (TPSA) is 130 Å². The Hall–Kier alpha value is -3.73. The fourth-order valence-corrected chi connectivity index (χ4v) is 4.01. The molecule has 0 spiro atoms. The van der Waals surface area contributed by atoms with Crippen LogP contribution >= 0.6 is 0 Å². The van der Waals surface area contributed by atoms with Gasteiger partial charge in [-0.25, -0.2) is 9.37 Å². The molecule has 0 bridgehead atoms. The standard InChI is InChI=1S/C20H18FN5O5/c1-9-8-31-15-7-25-6-11(17(27)18(28)16(25)20(30)26(9)15)19(29)22-5-14-23-12-3-2-10(21)4-13(12)24-14/h2-4,6,9,15,28H,5,7-8H2,1H3,(H,22,29)(H,23,24)/t9-,15?/m0/s1. The molecule has 2 aliphatic rings. The van der Waals surface area contributed by atoms with E-state index in [1.54, 1.807) is 0 Å². The number of amides is 2. The molecule has 1 aromatic carbocycles. The van der Waals surface area contributed by atoms with Crippen molar-refractivity contribution in [2.75, 3.05) is 6.61 Å². The molecule has 4 heterocycles. The zero-order valence-electron chi connectivity index (χ0n) is 16.4. The van der Waals surface area contributed by atoms with E-state index in [9.17, 15) is 23.9 Å². The van der Waals surface area contributed by atoms with E-state index in [1.807, 2.05) is 6.92 Å². The van der Waals surface area contributed by atoms with E-state index in [2.05, 4.69) is 15.3 Å². The van der Waals surface area contributed by atoms with Crippen LogP contribution in [0.25, 0.3) is 11.0 Å². The number of H-pyrrole nitrogens is 1. The normalized spacial score (nSPS) is 20.1. The van der Waals surface area contributed by atoms with Gasteiger partial charge in [0, 0.05) is 12.3 Å². The molecule has 2 aliphatic heterocycles. The van der Waals surface area contributed by atoms with Gasteiger partial charge in [-0.05, 0) is 19.1 Å². The molecule has 0 saturated carbocycles. The minimum Gasteiger partial charge on any atom is -0.503 e. The third-order valence-corrected chi connectivity index (χ3v) is 5.52. The predicted octanol–water partition coefficient (Wildman–Crippen LogP) is 0.700. The third kappa shape index (κ3) is 3.05. The summed E-state index contributed by atoms with van der Waals surface area (Å²) in [5.41, 5.74) is -0.393. The van der Waals surface area contributed by atoms with Crippen molar-refractivity contribution in [1.82, 2.24) is 24.8 Å². The van der Waals surface area contributed by atoms with Gasteiger partial charge >= 0.3 is 0 Å². The van der Waals surface area contributed by atoms with Gasteiger partial charge in [-0.3, -0.25) is 14.4 Å². The van der Waals surface area contributed by atoms with Gasteiger partial charge in [0.2, 0.25) is 5.43 Å². The van der Waals surface area contributed by atoms with Gasteiger partial charge in [-0.15, -0.1) is 0 Å². The molecular weight excluding hydrogens is 409 g/mol. The first-order valence-electron chi connectivity index (χ1n) is 9.66. The van der Waals surface area contributed by atoms with Gasteiger partial charge in [0.05, 0.1) is 36.8 Å². The fourth-order valence-electron chi connectivity index (χ4n) is 4.01. The Morgan fingerprint density at radius 1 is 1.42 bits per heavy atom. The van der Waals surface area contributed by atoms with E-state index in [4.69, 9.17) is 4.74 Å². The molecule has 3 N–H and O–H groups in total. The number of aromatic amines is 1. The molecule has 2 amide bonds. The van der Waals surface area contributed by atoms with Crippen molar-refractivity contribution in [2.45, 2.75) is 32.3 Å². The number of rotatable bonds is 3. The number of fused-ring (bicyclic) bond motifs is 3. The first kappa shape index (κ1) is 19.2. The van der Waals surface area contributed by atoms with Crippen LogP contribution in [0.15, 0.2) is 29.2 Å². The first-order valence-corrected chi connectivity index (χ1v) is 9.66. The Bertz CT molecular complexity index is 1300. The number of nitrogens with one attached hydrogen (secondary N) is 2. The summed E-state index contributed by atoms with van der Waals surface area (Å²) in [5, 5.41) is 13.0. The molecule has 31 heavy (non-hydrogen) atoms. The SMILES string of the molecule is C[C@H]1COC2Cn3cc(C(=O)NCc4nc5cc(F)ccc5[nH]4)c(=O)c(O)c3C(=O)N21. The number of halogens is 1. The Balaban J connectivity index is 1.41. The van der Waals surface area contributed by atoms with Crippen molar-refractivity contribution in [2.24, 2.45) is 0 Å². The van der Waals surface area contributed by atoms with Crippen molar-refractivity contribution in [3.63, 3.8) is 0 Å². The molecule has 5 rings (SSSR count). The summed E-state index contributed by atoms with van der Waals surface area (Å²) in [6.45, 7) is 2.31. The van der Waals surface area contributed by atoms with Gasteiger partial charge < -0.3 is 29.6 Å². The second kappa shape index (κ2) is 6.91. The summed E-state index contributed by atoms with van der Waals surface area (Å²) in [5.74, 6) is -2.08. The summed E-state index contributed by atoms with van der Waals surface area (Å²) in [6, 6.07) is 3.90. The van der Waals surface area contributed by atoms with Crippen molar-refractivity contribution in [3.8, 4) is 5.75 Å². The van der Waals surface area contributed by atoms with E-state index in [0.29, 0.717) is 23.5 Å². The summed E-state index contributed by atoms with van der Waals surface area (Å²) >= 11 is 0. The predicted molar refractivity (Wildman–Crippen MR) is 105 cm³/mol. The number of hydrogen-bond acceptors (Lipinski definition) is 6. The lowest BCUT2D eigenvalue weighted by Crippen LogP contribution is -2.49. The second-order valence-electron chi connectivity index (χ2n) is 7.60. The van der Waals surface area contributed by atoms with E-state index in [-0.39, 0.29) is 30.4 Å². The van der Waals surface area contributed by atoms with Gasteiger partial charge in [0.1, 0.15) is 17.2 Å². The van der Waals surface area contributed by atoms with Crippen LogP contribution in [-0.4, -0.2) is 55.2 Å². The van der Waals surface area contributed by atoms with Crippen molar-refractivity contribution in [3.05, 3.63) is 57.5 Å². The maximum atomic E-state index is 13.3. The van der Waals surface area contributed by atoms with Crippen LogP contribution < -0.4 is 10.7 Å². The summed E-state index contributed by atoms with van der Waals surface area (Å²) in [6.07, 6.45) is 0.728. The van der Waals surface area contributed by atoms with Crippen LogP contribution in [0, 0.1) is 5.82 Å². The van der Waals surface area contributed by atoms with Crippen molar-refractivity contribution in [1.29, 1.82) is 0 Å². The monoisotopic (exact) mass is 427 g/mol. The van der Waals surface area contributed by atoms with Crippen molar-refractivity contribution >= 4 is 22.8 Å². The molecule has 10 nitrogen and oxygen atoms in total. The summed E-state index contributed by atoms with van der Waals surface area (Å²) < 4.78 is 20.3. The lowest BCUT2D eigenvalue weighted by Gasteiger charge is -2.33. The van der Waals surface area contributed by atoms with Gasteiger partial charge in [-0.2, -0.15) is 0 Å². The van der Waals surface area contributed by atoms with E-state index in [1.165, 1.54) is 33.9 Å². The molecule has 2 aromatic heterocycles. The van der Waals surface area contributed by atoms with Gasteiger partial charge in [0.25, 0.3) is 11.8 Å². The molecule has 3 aromatic rings. The number of ether oxygens (including phenoxy) is 1. The zero-order chi connectivity index (χ0) is 21.9. The molecule has 1 saturated heterocycles. The number of aromatic hydroxyl groups is 1. The van der Waals surface area contributed by atoms with E-state index < -0.39 is 35.0 Å². The van der Waals surface area contributed by atoms with Crippen molar-refractivity contribution < 1.29 is 23.8 Å². The number of carbonyl (C=O) groups excluding carboxylic acids is 2. The highest BCUT2D eigenvalue weighted by Gasteiger charge is 2.42. The summed E-state index contributed by atoms with van der Waals surface area (Å²) in [4.78, 5) is 46.6. The number of pyridine rings is 1. The highest BCUT2D eigenvalue weighted by atomic mass is 19.1. The first-order chi connectivity index (χ1) is 14.8. The zero-order valence-corrected chi connectivity index (χ0v) is 16.4. The van der Waals surface area contributed by atoms with Gasteiger partial charge in [0.15, 0.2) is 17.7 Å². The second-order valence-corrected chi connectivity index (χ2v) is 7.60. The lowest BCUT2D eigenvalue weighted by atomic mass is 10.1. The maximum Gasteiger partial charge on any atom is 0.276 e. The Labute approximate surface area is 174 Å². The van der Waals surface area contributed by atoms with E-state index in [0.717, 1.165) is 0 Å². The molecular formula is C20H18FN5O5. The van der Waals surface area contributed by atoms with Crippen LogP contribution in [0.1, 0.15) is 33.6 Å². The van der Waals surface area contributed by atoms with E-state index >= 15 is 0 Å². The van der Waals surface area contributed by atoms with Crippen LogP contribution in [0.5, 0.6) is 5.75 Å². The molecule has 11 heteroatoms. The molecule has 0 radical (unpaired) electrons. The smallest absolute Gasteiger partial charge is 0.276 e. The largest absolute Gasteiger partial charge is 0.503 e. The Kier molecular flexibility index (Phi) is 4.29. The molecule has 2 atom stereocenters. The molecule has 1 fully saturated rings. The van der Waals surface area contributed by atoms with Crippen LogP contribution in [0.2, 0.25) is 0 Å². The molecule has 1 unspecified atom stereocenters. The quantitative estimate of drug-likeness (QED) is 0.564. The number of carbonyl (C=O) groups is 2. The average molecular weight is 427 g/mol. The van der Waals surface area contributed by atoms with Crippen LogP contribution in [-0.2, 0) is 17.8 Å². The average Bonchev–Trinajstić information content (AvgIpc) is 3.31. The minimum atomic E-state index is -0.935. The number of hydrogen-bond donors (Lipinski definition) is 3. The number of imidazole rings is 1. The Morgan fingerprint density at radius 3 is 3.03 bits per heavy atom. The molecule has 160 valence electrons. The van der Waals surface area contributed by atoms with Gasteiger partial charge in [-0.1, -0.05) is 0 Å². The number of nitrogens with zero attached hydrogens (tertiary/aromatic N) is 3. The van der Waals surface area contributed by atoms with Crippen LogP contribution in [0.4, 0.5) is 4.39 Å². The highest BCUT2D eigenvalue weighted by molar-refractivity contribution is 5.99.